The van der Waals surface area contributed by atoms with Gasteiger partial charge in [-0.1, -0.05) is 0 Å². The van der Waals surface area contributed by atoms with E-state index in [1.807, 2.05) is 0 Å². The van der Waals surface area contributed by atoms with Gasteiger partial charge in [0.1, 0.15) is 17.5 Å². The van der Waals surface area contributed by atoms with Crippen LogP contribution in [0.25, 0.3) is 0 Å². The molecule has 150 valence electrons. The molecule has 0 radical (unpaired) electrons. The molecule has 1 fully saturated rings. The van der Waals surface area contributed by atoms with Crippen LogP contribution in [0.5, 0.6) is 0 Å². The van der Waals surface area contributed by atoms with Gasteiger partial charge >= 0.3 is 12.1 Å². The number of halogens is 3. The van der Waals surface area contributed by atoms with E-state index < -0.39 is 41.2 Å². The summed E-state index contributed by atoms with van der Waals surface area (Å²) in [5, 5.41) is 0. The summed E-state index contributed by atoms with van der Waals surface area (Å²) in [5.74, 6) is -3.96. The van der Waals surface area contributed by atoms with Gasteiger partial charge in [0, 0.05) is 37.8 Å². The Balaban J connectivity index is 2.16. The molecular weight excluding hydrogens is 365 g/mol. The van der Waals surface area contributed by atoms with Crippen molar-refractivity contribution in [2.75, 3.05) is 26.7 Å². The van der Waals surface area contributed by atoms with Crippen LogP contribution in [0.1, 0.15) is 26.3 Å². The maximum atomic E-state index is 13.9. The molecular formula is C18H23F3N2O4. The minimum absolute atomic E-state index is 0.0173. The number of rotatable bonds is 3. The lowest BCUT2D eigenvalue weighted by Gasteiger charge is -2.40. The summed E-state index contributed by atoms with van der Waals surface area (Å²) in [4.78, 5) is 27.4. The highest BCUT2D eigenvalue weighted by Crippen LogP contribution is 2.21. The molecule has 1 aliphatic heterocycles. The van der Waals surface area contributed by atoms with Crippen molar-refractivity contribution in [2.45, 2.75) is 39.0 Å². The summed E-state index contributed by atoms with van der Waals surface area (Å²) >= 11 is 0. The van der Waals surface area contributed by atoms with Crippen molar-refractivity contribution in [3.05, 3.63) is 35.1 Å². The van der Waals surface area contributed by atoms with Gasteiger partial charge in [-0.3, -0.25) is 9.80 Å². The van der Waals surface area contributed by atoms with E-state index >= 15 is 0 Å². The van der Waals surface area contributed by atoms with Crippen LogP contribution in [0.2, 0.25) is 0 Å². The molecule has 9 heteroatoms. The van der Waals surface area contributed by atoms with E-state index in [1.165, 1.54) is 12.0 Å². The van der Waals surface area contributed by atoms with E-state index in [-0.39, 0.29) is 31.7 Å². The Hall–Kier alpha value is -2.29. The molecule has 0 bridgehead atoms. The van der Waals surface area contributed by atoms with E-state index in [2.05, 4.69) is 0 Å². The molecule has 1 aromatic rings. The van der Waals surface area contributed by atoms with Crippen molar-refractivity contribution >= 4 is 12.1 Å². The maximum absolute atomic E-state index is 13.9. The van der Waals surface area contributed by atoms with Crippen LogP contribution in [0, 0.1) is 17.5 Å². The Bertz CT molecular complexity index is 721. The second-order valence-corrected chi connectivity index (χ2v) is 7.31. The fourth-order valence-electron chi connectivity index (χ4n) is 2.83. The lowest BCUT2D eigenvalue weighted by molar-refractivity contribution is -0.149. The van der Waals surface area contributed by atoms with Gasteiger partial charge in [0.2, 0.25) is 0 Å². The first-order valence-electron chi connectivity index (χ1n) is 8.45. The first kappa shape index (κ1) is 21.0. The number of benzene rings is 1. The van der Waals surface area contributed by atoms with Crippen LogP contribution < -0.4 is 0 Å². The van der Waals surface area contributed by atoms with Gasteiger partial charge in [-0.05, 0) is 26.8 Å². The molecule has 1 atom stereocenters. The van der Waals surface area contributed by atoms with Crippen molar-refractivity contribution in [3.63, 3.8) is 0 Å². The average Bonchev–Trinajstić information content (AvgIpc) is 2.56. The Morgan fingerprint density at radius 1 is 1.19 bits per heavy atom. The highest BCUT2D eigenvalue weighted by Gasteiger charge is 2.38. The molecule has 6 nitrogen and oxygen atoms in total. The highest BCUT2D eigenvalue weighted by atomic mass is 19.2. The van der Waals surface area contributed by atoms with E-state index in [9.17, 15) is 22.8 Å². The molecule has 1 aliphatic rings. The standard InChI is InChI=1S/C18H23F3N2O4/c1-18(2,3)27-17(25)23-6-5-22(10-14(23)16(24)26-4)9-11-7-12(19)8-13(20)15(11)21/h7-8,14H,5-6,9-10H2,1-4H3/t14-/m0/s1. The van der Waals surface area contributed by atoms with Crippen molar-refractivity contribution in [2.24, 2.45) is 0 Å². The number of esters is 1. The van der Waals surface area contributed by atoms with Gasteiger partial charge < -0.3 is 9.47 Å². The van der Waals surface area contributed by atoms with E-state index in [4.69, 9.17) is 9.47 Å². The smallest absolute Gasteiger partial charge is 0.411 e. The third-order valence-electron chi connectivity index (χ3n) is 4.03. The third-order valence-corrected chi connectivity index (χ3v) is 4.03. The van der Waals surface area contributed by atoms with E-state index in [0.29, 0.717) is 6.07 Å². The number of nitrogens with zero attached hydrogens (tertiary/aromatic N) is 2. The molecule has 0 saturated carbocycles. The number of carbonyl (C=O) groups is 2. The van der Waals surface area contributed by atoms with Gasteiger partial charge in [0.25, 0.3) is 0 Å². The molecule has 27 heavy (non-hydrogen) atoms. The summed E-state index contributed by atoms with van der Waals surface area (Å²) in [6.07, 6.45) is -0.666. The quantitative estimate of drug-likeness (QED) is 0.589. The van der Waals surface area contributed by atoms with Crippen LogP contribution >= 0.6 is 0 Å². The third kappa shape index (κ3) is 5.35. The monoisotopic (exact) mass is 388 g/mol. The Morgan fingerprint density at radius 3 is 2.44 bits per heavy atom. The molecule has 0 aromatic heterocycles. The molecule has 2 rings (SSSR count). The number of methoxy groups -OCH3 is 1. The first-order valence-corrected chi connectivity index (χ1v) is 8.45. The number of carbonyl (C=O) groups excluding carboxylic acids is 2. The highest BCUT2D eigenvalue weighted by molar-refractivity contribution is 5.82. The lowest BCUT2D eigenvalue weighted by Crippen LogP contribution is -2.59. The molecule has 1 aromatic carbocycles. The zero-order chi connectivity index (χ0) is 20.4. The van der Waals surface area contributed by atoms with Gasteiger partial charge in [0.15, 0.2) is 11.6 Å². The number of piperazine rings is 1. The summed E-state index contributed by atoms with van der Waals surface area (Å²) in [6, 6.07) is 0.405. The topological polar surface area (TPSA) is 59.1 Å². The number of amides is 1. The predicted octanol–water partition coefficient (Wildman–Crippen LogP) is 2.70. The zero-order valence-electron chi connectivity index (χ0n) is 15.7. The van der Waals surface area contributed by atoms with Crippen molar-refractivity contribution in [1.29, 1.82) is 0 Å². The van der Waals surface area contributed by atoms with Gasteiger partial charge in [0.05, 0.1) is 7.11 Å². The van der Waals surface area contributed by atoms with Gasteiger partial charge in [-0.15, -0.1) is 0 Å². The average molecular weight is 388 g/mol. The fourth-order valence-corrected chi connectivity index (χ4v) is 2.83. The Morgan fingerprint density at radius 2 is 1.85 bits per heavy atom. The lowest BCUT2D eigenvalue weighted by atomic mass is 10.1. The van der Waals surface area contributed by atoms with Crippen LogP contribution in [0.15, 0.2) is 12.1 Å². The van der Waals surface area contributed by atoms with Crippen LogP contribution in [0.4, 0.5) is 18.0 Å². The van der Waals surface area contributed by atoms with Crippen LogP contribution in [0.3, 0.4) is 0 Å². The largest absolute Gasteiger partial charge is 0.467 e. The van der Waals surface area contributed by atoms with Crippen LogP contribution in [-0.2, 0) is 20.8 Å². The van der Waals surface area contributed by atoms with Gasteiger partial charge in [-0.2, -0.15) is 0 Å². The molecule has 0 aliphatic carbocycles. The molecule has 1 amide bonds. The van der Waals surface area contributed by atoms with Crippen molar-refractivity contribution in [1.82, 2.24) is 9.80 Å². The summed E-state index contributed by atoms with van der Waals surface area (Å²) in [6.45, 7) is 5.40. The molecule has 0 spiro atoms. The number of ether oxygens (including phenoxy) is 2. The minimum atomic E-state index is -1.28. The summed E-state index contributed by atoms with van der Waals surface area (Å²) in [5.41, 5.74) is -0.904. The predicted molar refractivity (Wildman–Crippen MR) is 90.3 cm³/mol. The second-order valence-electron chi connectivity index (χ2n) is 7.31. The summed E-state index contributed by atoms with van der Waals surface area (Å²) < 4.78 is 50.7. The van der Waals surface area contributed by atoms with Crippen LogP contribution in [-0.4, -0.2) is 60.2 Å². The Kier molecular flexibility index (Phi) is 6.35. The fraction of sp³-hybridized carbons (Fsp3) is 0.556. The number of hydrogen-bond donors (Lipinski definition) is 0. The molecule has 1 heterocycles. The minimum Gasteiger partial charge on any atom is -0.467 e. The normalized spacial score (nSPS) is 18.3. The molecule has 0 unspecified atom stereocenters. The summed E-state index contributed by atoms with van der Waals surface area (Å²) in [7, 11) is 1.19. The van der Waals surface area contributed by atoms with E-state index in [0.717, 1.165) is 6.07 Å². The second kappa shape index (κ2) is 8.16. The van der Waals surface area contributed by atoms with E-state index in [1.54, 1.807) is 25.7 Å². The molecule has 0 N–H and O–H groups in total. The van der Waals surface area contributed by atoms with Gasteiger partial charge in [-0.25, -0.2) is 22.8 Å². The first-order chi connectivity index (χ1) is 12.5. The molecule has 1 saturated heterocycles. The number of hydrogen-bond acceptors (Lipinski definition) is 5. The Labute approximate surface area is 155 Å². The van der Waals surface area contributed by atoms with Crippen molar-refractivity contribution < 1.29 is 32.2 Å². The zero-order valence-corrected chi connectivity index (χ0v) is 15.7. The van der Waals surface area contributed by atoms with Crippen molar-refractivity contribution in [3.8, 4) is 0 Å². The SMILES string of the molecule is COC(=O)[C@@H]1CN(Cc2cc(F)cc(F)c2F)CCN1C(=O)OC(C)(C)C. The maximum Gasteiger partial charge on any atom is 0.411 e.